The summed E-state index contributed by atoms with van der Waals surface area (Å²) >= 11 is 0. The molecule has 0 heterocycles. The van der Waals surface area contributed by atoms with Crippen molar-refractivity contribution >= 4 is 11.4 Å². The standard InChI is InChI=1S/C9H12N2O3/c1-6-3-4-8(10-7(2)12)9(5-6)11(13)14/h3-5,7,10,12H,1-2H3. The number of anilines is 1. The first kappa shape index (κ1) is 10.5. The quantitative estimate of drug-likeness (QED) is 0.438. The molecular formula is C9H12N2O3. The summed E-state index contributed by atoms with van der Waals surface area (Å²) in [7, 11) is 0. The highest BCUT2D eigenvalue weighted by atomic mass is 16.6. The number of nitro benzene ring substituents is 1. The van der Waals surface area contributed by atoms with Crippen LogP contribution in [0.25, 0.3) is 0 Å². The van der Waals surface area contributed by atoms with Crippen LogP contribution in [0.5, 0.6) is 0 Å². The van der Waals surface area contributed by atoms with Crippen molar-refractivity contribution in [3.8, 4) is 0 Å². The van der Waals surface area contributed by atoms with Crippen molar-refractivity contribution in [1.29, 1.82) is 0 Å². The molecule has 0 aromatic heterocycles. The van der Waals surface area contributed by atoms with Crippen molar-refractivity contribution in [2.45, 2.75) is 20.1 Å². The van der Waals surface area contributed by atoms with Gasteiger partial charge in [0.05, 0.1) is 4.92 Å². The van der Waals surface area contributed by atoms with Crippen LogP contribution in [0.2, 0.25) is 0 Å². The Bertz CT molecular complexity index is 350. The minimum Gasteiger partial charge on any atom is -0.374 e. The van der Waals surface area contributed by atoms with Gasteiger partial charge in [0.1, 0.15) is 11.9 Å². The molecule has 0 bridgehead atoms. The molecule has 1 aromatic rings. The van der Waals surface area contributed by atoms with Gasteiger partial charge in [0.15, 0.2) is 0 Å². The molecule has 1 aromatic carbocycles. The van der Waals surface area contributed by atoms with Gasteiger partial charge < -0.3 is 10.4 Å². The molecular weight excluding hydrogens is 184 g/mol. The first-order valence-corrected chi connectivity index (χ1v) is 4.20. The molecule has 0 aliphatic rings. The topological polar surface area (TPSA) is 75.4 Å². The van der Waals surface area contributed by atoms with Gasteiger partial charge in [-0.2, -0.15) is 0 Å². The van der Waals surface area contributed by atoms with E-state index in [1.165, 1.54) is 13.0 Å². The highest BCUT2D eigenvalue weighted by Crippen LogP contribution is 2.25. The van der Waals surface area contributed by atoms with Gasteiger partial charge in [-0.15, -0.1) is 0 Å². The van der Waals surface area contributed by atoms with Crippen molar-refractivity contribution in [3.05, 3.63) is 33.9 Å². The predicted molar refractivity (Wildman–Crippen MR) is 53.1 cm³/mol. The first-order valence-electron chi connectivity index (χ1n) is 4.20. The number of nitrogens with one attached hydrogen (secondary N) is 1. The zero-order chi connectivity index (χ0) is 10.7. The Kier molecular flexibility index (Phi) is 3.03. The molecule has 1 rings (SSSR count). The van der Waals surface area contributed by atoms with Gasteiger partial charge in [-0.1, -0.05) is 6.07 Å². The van der Waals surface area contributed by atoms with Crippen LogP contribution < -0.4 is 5.32 Å². The Morgan fingerprint density at radius 3 is 2.71 bits per heavy atom. The summed E-state index contributed by atoms with van der Waals surface area (Å²) in [6.45, 7) is 3.28. The largest absolute Gasteiger partial charge is 0.374 e. The van der Waals surface area contributed by atoms with Crippen LogP contribution in [-0.2, 0) is 0 Å². The Morgan fingerprint density at radius 1 is 1.57 bits per heavy atom. The van der Waals surface area contributed by atoms with Crippen LogP contribution >= 0.6 is 0 Å². The molecule has 0 fully saturated rings. The third-order valence-corrected chi connectivity index (χ3v) is 1.71. The molecule has 2 N–H and O–H groups in total. The van der Waals surface area contributed by atoms with Crippen molar-refractivity contribution in [2.24, 2.45) is 0 Å². The summed E-state index contributed by atoms with van der Waals surface area (Å²) in [6, 6.07) is 4.79. The minimum atomic E-state index is -0.809. The Morgan fingerprint density at radius 2 is 2.21 bits per heavy atom. The normalized spacial score (nSPS) is 12.2. The van der Waals surface area contributed by atoms with E-state index in [2.05, 4.69) is 5.32 Å². The van der Waals surface area contributed by atoms with E-state index < -0.39 is 11.2 Å². The summed E-state index contributed by atoms with van der Waals surface area (Å²) in [5, 5.41) is 22.3. The highest BCUT2D eigenvalue weighted by molar-refractivity contribution is 5.62. The molecule has 0 spiro atoms. The number of aliphatic hydroxyl groups excluding tert-OH is 1. The SMILES string of the molecule is Cc1ccc(NC(C)O)c([N+](=O)[O-])c1. The van der Waals surface area contributed by atoms with Crippen LogP contribution in [0, 0.1) is 17.0 Å². The van der Waals surface area contributed by atoms with E-state index in [-0.39, 0.29) is 5.69 Å². The maximum atomic E-state index is 10.6. The maximum absolute atomic E-state index is 10.6. The Balaban J connectivity index is 3.08. The zero-order valence-corrected chi connectivity index (χ0v) is 8.02. The molecule has 0 saturated heterocycles. The van der Waals surface area contributed by atoms with E-state index in [0.717, 1.165) is 5.56 Å². The van der Waals surface area contributed by atoms with E-state index >= 15 is 0 Å². The van der Waals surface area contributed by atoms with Gasteiger partial charge in [0, 0.05) is 6.07 Å². The Labute approximate surface area is 81.5 Å². The van der Waals surface area contributed by atoms with Crippen LogP contribution in [0.1, 0.15) is 12.5 Å². The van der Waals surface area contributed by atoms with E-state index in [1.807, 2.05) is 0 Å². The number of benzene rings is 1. The lowest BCUT2D eigenvalue weighted by atomic mass is 10.2. The average Bonchev–Trinajstić information content (AvgIpc) is 2.07. The molecule has 76 valence electrons. The van der Waals surface area contributed by atoms with Gasteiger partial charge in [-0.3, -0.25) is 10.1 Å². The molecule has 0 amide bonds. The summed E-state index contributed by atoms with van der Waals surface area (Å²) in [6.07, 6.45) is -0.809. The molecule has 14 heavy (non-hydrogen) atoms. The second-order valence-electron chi connectivity index (χ2n) is 3.10. The van der Waals surface area contributed by atoms with Gasteiger partial charge in [0.2, 0.25) is 0 Å². The van der Waals surface area contributed by atoms with Crippen molar-refractivity contribution in [1.82, 2.24) is 0 Å². The summed E-state index contributed by atoms with van der Waals surface area (Å²) in [5.74, 6) is 0. The number of rotatable bonds is 3. The summed E-state index contributed by atoms with van der Waals surface area (Å²) in [4.78, 5) is 10.2. The molecule has 5 heteroatoms. The fourth-order valence-corrected chi connectivity index (χ4v) is 1.14. The maximum Gasteiger partial charge on any atom is 0.292 e. The number of nitro groups is 1. The van der Waals surface area contributed by atoms with Crippen LogP contribution in [0.4, 0.5) is 11.4 Å². The van der Waals surface area contributed by atoms with Gasteiger partial charge in [-0.25, -0.2) is 0 Å². The predicted octanol–water partition coefficient (Wildman–Crippen LogP) is 1.65. The lowest BCUT2D eigenvalue weighted by Gasteiger charge is -2.09. The molecule has 1 unspecified atom stereocenters. The van der Waals surface area contributed by atoms with Crippen molar-refractivity contribution in [2.75, 3.05) is 5.32 Å². The number of aliphatic hydroxyl groups is 1. The van der Waals surface area contributed by atoms with Gasteiger partial charge >= 0.3 is 0 Å². The lowest BCUT2D eigenvalue weighted by molar-refractivity contribution is -0.384. The minimum absolute atomic E-state index is 0.0223. The molecule has 0 aliphatic carbocycles. The van der Waals surface area contributed by atoms with Gasteiger partial charge in [-0.05, 0) is 25.5 Å². The number of aryl methyl sites for hydroxylation is 1. The monoisotopic (exact) mass is 196 g/mol. The molecule has 1 atom stereocenters. The number of hydrogen-bond acceptors (Lipinski definition) is 4. The summed E-state index contributed by atoms with van der Waals surface area (Å²) in [5.41, 5.74) is 1.12. The fraction of sp³-hybridized carbons (Fsp3) is 0.333. The smallest absolute Gasteiger partial charge is 0.292 e. The number of hydrogen-bond donors (Lipinski definition) is 2. The van der Waals surface area contributed by atoms with Gasteiger partial charge in [0.25, 0.3) is 5.69 Å². The third-order valence-electron chi connectivity index (χ3n) is 1.71. The highest BCUT2D eigenvalue weighted by Gasteiger charge is 2.14. The Hall–Kier alpha value is -1.62. The van der Waals surface area contributed by atoms with E-state index in [4.69, 9.17) is 5.11 Å². The van der Waals surface area contributed by atoms with Crippen LogP contribution in [0.3, 0.4) is 0 Å². The van der Waals surface area contributed by atoms with E-state index in [0.29, 0.717) is 5.69 Å². The third kappa shape index (κ3) is 2.43. The van der Waals surface area contributed by atoms with E-state index in [1.54, 1.807) is 19.1 Å². The molecule has 0 radical (unpaired) electrons. The fourth-order valence-electron chi connectivity index (χ4n) is 1.14. The second-order valence-corrected chi connectivity index (χ2v) is 3.10. The second kappa shape index (κ2) is 4.06. The first-order chi connectivity index (χ1) is 6.50. The van der Waals surface area contributed by atoms with Crippen molar-refractivity contribution < 1.29 is 10.0 Å². The molecule has 5 nitrogen and oxygen atoms in total. The van der Waals surface area contributed by atoms with Crippen LogP contribution in [0.15, 0.2) is 18.2 Å². The summed E-state index contributed by atoms with van der Waals surface area (Å²) < 4.78 is 0. The van der Waals surface area contributed by atoms with Crippen molar-refractivity contribution in [3.63, 3.8) is 0 Å². The van der Waals surface area contributed by atoms with E-state index in [9.17, 15) is 10.1 Å². The molecule has 0 saturated carbocycles. The average molecular weight is 196 g/mol. The molecule has 0 aliphatic heterocycles. The lowest BCUT2D eigenvalue weighted by Crippen LogP contribution is -2.14. The van der Waals surface area contributed by atoms with Crippen LogP contribution in [-0.4, -0.2) is 16.3 Å². The zero-order valence-electron chi connectivity index (χ0n) is 8.02. The number of nitrogens with zero attached hydrogens (tertiary/aromatic N) is 1.